The second-order valence-electron chi connectivity index (χ2n) is 12.1. The zero-order valence-electron chi connectivity index (χ0n) is 25.2. The second-order valence-corrected chi connectivity index (χ2v) is 12.5. The molecule has 8 heteroatoms. The number of piperidine rings is 1. The maximum Gasteiger partial charge on any atom is 0.318 e. The summed E-state index contributed by atoms with van der Waals surface area (Å²) in [6, 6.07) is 12.8. The minimum atomic E-state index is -0.227. The molecule has 5 rings (SSSR count). The number of benzene rings is 2. The van der Waals surface area contributed by atoms with Crippen LogP contribution in [-0.4, -0.2) is 77.8 Å². The Balaban J connectivity index is 1.05. The van der Waals surface area contributed by atoms with Crippen molar-refractivity contribution in [2.75, 3.05) is 52.5 Å². The summed E-state index contributed by atoms with van der Waals surface area (Å²) in [4.78, 5) is 19.5. The van der Waals surface area contributed by atoms with Crippen LogP contribution in [-0.2, 0) is 0 Å². The quantitative estimate of drug-likeness (QED) is 0.207. The predicted octanol–water partition coefficient (Wildman–Crippen LogP) is 7.64. The lowest BCUT2D eigenvalue weighted by Gasteiger charge is -2.33. The van der Waals surface area contributed by atoms with Crippen molar-refractivity contribution in [3.05, 3.63) is 65.1 Å². The number of carbonyl (C=O) groups excluding carboxylic acids is 1. The van der Waals surface area contributed by atoms with E-state index in [4.69, 9.17) is 11.6 Å². The highest BCUT2D eigenvalue weighted by atomic mass is 35.5. The topological polar surface area (TPSA) is 43.8 Å². The first-order valence-electron chi connectivity index (χ1n) is 16.1. The van der Waals surface area contributed by atoms with Crippen LogP contribution in [0.25, 0.3) is 16.6 Å². The van der Waals surface area contributed by atoms with Crippen LogP contribution in [0.15, 0.2) is 48.7 Å². The van der Waals surface area contributed by atoms with E-state index in [1.54, 1.807) is 0 Å². The number of likely N-dealkylation sites (tertiary alicyclic amines) is 1. The zero-order chi connectivity index (χ0) is 29.3. The van der Waals surface area contributed by atoms with E-state index in [0.717, 1.165) is 88.0 Å². The monoisotopic (exact) mass is 595 g/mol. The number of halogens is 2. The number of nitrogens with zero attached hydrogens (tertiary/aromatic N) is 4. The molecule has 0 aliphatic carbocycles. The van der Waals surface area contributed by atoms with E-state index in [1.807, 2.05) is 23.1 Å². The predicted molar refractivity (Wildman–Crippen MR) is 171 cm³/mol. The molecule has 2 aliphatic heterocycles. The van der Waals surface area contributed by atoms with Crippen LogP contribution < -0.4 is 5.32 Å². The molecule has 228 valence electrons. The van der Waals surface area contributed by atoms with E-state index in [2.05, 4.69) is 44.9 Å². The summed E-state index contributed by atoms with van der Waals surface area (Å²) in [5.74, 6) is 0.237. The molecule has 3 heterocycles. The average Bonchev–Trinajstić information content (AvgIpc) is 3.63. The summed E-state index contributed by atoms with van der Waals surface area (Å²) in [7, 11) is 0. The molecule has 2 fully saturated rings. The van der Waals surface area contributed by atoms with Gasteiger partial charge in [0.2, 0.25) is 0 Å². The number of fused-ring (bicyclic) bond motifs is 1. The third kappa shape index (κ3) is 8.06. The molecule has 0 atom stereocenters. The van der Waals surface area contributed by atoms with Crippen molar-refractivity contribution in [1.29, 1.82) is 0 Å². The summed E-state index contributed by atoms with van der Waals surface area (Å²) in [6.45, 7) is 9.66. The fourth-order valence-electron chi connectivity index (χ4n) is 6.50. The minimum absolute atomic E-state index is 0.0872. The molecule has 2 amide bonds. The Kier molecular flexibility index (Phi) is 11.2. The molecule has 0 saturated carbocycles. The molecule has 0 spiro atoms. The molecule has 3 aromatic rings. The molecule has 1 aromatic heterocycles. The van der Waals surface area contributed by atoms with Gasteiger partial charge in [-0.2, -0.15) is 0 Å². The first-order valence-corrected chi connectivity index (χ1v) is 16.4. The standard InChI is InChI=1S/C34H47ClFN5O/c1-2-3-4-5-6-7-8-17-37-34(42)40-23-22-39(26-40)21-20-38-18-15-27(16-19-38)32-25-41(30-12-10-29(36)11-13-30)33-14-9-28(35)24-31(32)33/h9-14,24-25,27H,2-8,15-23,26H2,1H3,(H,37,42). The number of urea groups is 1. The third-order valence-corrected chi connectivity index (χ3v) is 9.30. The lowest BCUT2D eigenvalue weighted by molar-refractivity contribution is 0.170. The van der Waals surface area contributed by atoms with Crippen molar-refractivity contribution >= 4 is 28.5 Å². The van der Waals surface area contributed by atoms with Gasteiger partial charge in [0.1, 0.15) is 5.82 Å². The summed E-state index contributed by atoms with van der Waals surface area (Å²) in [6.07, 6.45) is 13.3. The number of unbranched alkanes of at least 4 members (excludes halogenated alkanes) is 6. The van der Waals surface area contributed by atoms with Gasteiger partial charge in [0.05, 0.1) is 12.2 Å². The Morgan fingerprint density at radius 1 is 0.905 bits per heavy atom. The number of aromatic nitrogens is 1. The van der Waals surface area contributed by atoms with Crippen LogP contribution in [0.2, 0.25) is 5.02 Å². The van der Waals surface area contributed by atoms with E-state index in [9.17, 15) is 9.18 Å². The Labute approximate surface area is 255 Å². The molecular weight excluding hydrogens is 549 g/mol. The summed E-state index contributed by atoms with van der Waals surface area (Å²) in [5.41, 5.74) is 3.39. The van der Waals surface area contributed by atoms with E-state index in [-0.39, 0.29) is 11.8 Å². The van der Waals surface area contributed by atoms with E-state index >= 15 is 0 Å². The van der Waals surface area contributed by atoms with Gasteiger partial charge in [0, 0.05) is 55.0 Å². The van der Waals surface area contributed by atoms with Crippen LogP contribution in [0, 0.1) is 5.82 Å². The van der Waals surface area contributed by atoms with E-state index in [0.29, 0.717) is 5.92 Å². The summed E-state index contributed by atoms with van der Waals surface area (Å²) < 4.78 is 15.7. The van der Waals surface area contributed by atoms with Crippen LogP contribution in [0.4, 0.5) is 9.18 Å². The molecule has 0 radical (unpaired) electrons. The molecule has 2 aromatic carbocycles. The maximum absolute atomic E-state index is 13.6. The third-order valence-electron chi connectivity index (χ3n) is 9.06. The van der Waals surface area contributed by atoms with Gasteiger partial charge in [-0.25, -0.2) is 9.18 Å². The van der Waals surface area contributed by atoms with Crippen molar-refractivity contribution in [3.63, 3.8) is 0 Å². The lowest BCUT2D eigenvalue weighted by atomic mass is 9.89. The number of carbonyl (C=O) groups is 1. The lowest BCUT2D eigenvalue weighted by Crippen LogP contribution is -2.41. The van der Waals surface area contributed by atoms with Gasteiger partial charge >= 0.3 is 6.03 Å². The Morgan fingerprint density at radius 2 is 1.62 bits per heavy atom. The smallest absolute Gasteiger partial charge is 0.318 e. The summed E-state index contributed by atoms with van der Waals surface area (Å²) in [5, 5.41) is 5.05. The number of amides is 2. The molecule has 1 N–H and O–H groups in total. The molecule has 0 unspecified atom stereocenters. The Hall–Kier alpha value is -2.61. The maximum atomic E-state index is 13.6. The van der Waals surface area contributed by atoms with Crippen molar-refractivity contribution in [2.45, 2.75) is 70.6 Å². The molecular formula is C34H47ClFN5O. The molecule has 2 aliphatic rings. The molecule has 6 nitrogen and oxygen atoms in total. The van der Waals surface area contributed by atoms with Crippen molar-refractivity contribution in [3.8, 4) is 5.69 Å². The average molecular weight is 596 g/mol. The van der Waals surface area contributed by atoms with Gasteiger partial charge in [-0.05, 0) is 86.3 Å². The number of rotatable bonds is 13. The summed E-state index contributed by atoms with van der Waals surface area (Å²) >= 11 is 6.42. The fourth-order valence-corrected chi connectivity index (χ4v) is 6.67. The van der Waals surface area contributed by atoms with Crippen molar-refractivity contribution in [1.82, 2.24) is 24.6 Å². The van der Waals surface area contributed by atoms with Gasteiger partial charge in [0.25, 0.3) is 0 Å². The van der Waals surface area contributed by atoms with Crippen molar-refractivity contribution < 1.29 is 9.18 Å². The SMILES string of the molecule is CCCCCCCCCNC(=O)N1CCN(CCN2CCC(c3cn(-c4ccc(F)cc4)c4ccc(Cl)cc34)CC2)C1. The van der Waals surface area contributed by atoms with Crippen LogP contribution in [0.1, 0.15) is 76.2 Å². The van der Waals surface area contributed by atoms with E-state index in [1.165, 1.54) is 61.6 Å². The molecule has 2 saturated heterocycles. The first kappa shape index (κ1) is 30.8. The van der Waals surface area contributed by atoms with E-state index < -0.39 is 0 Å². The van der Waals surface area contributed by atoms with Crippen molar-refractivity contribution in [2.24, 2.45) is 0 Å². The van der Waals surface area contributed by atoms with Crippen LogP contribution in [0.5, 0.6) is 0 Å². The number of hydrogen-bond donors (Lipinski definition) is 1. The Morgan fingerprint density at radius 3 is 2.38 bits per heavy atom. The first-order chi connectivity index (χ1) is 20.5. The van der Waals surface area contributed by atoms with Gasteiger partial charge < -0.3 is 19.7 Å². The van der Waals surface area contributed by atoms with Gasteiger partial charge in [-0.3, -0.25) is 4.90 Å². The normalized spacial score (nSPS) is 17.0. The van der Waals surface area contributed by atoms with Crippen LogP contribution in [0.3, 0.4) is 0 Å². The zero-order valence-corrected chi connectivity index (χ0v) is 25.9. The van der Waals surface area contributed by atoms with Crippen LogP contribution >= 0.6 is 11.6 Å². The fraction of sp³-hybridized carbons (Fsp3) is 0.559. The highest BCUT2D eigenvalue weighted by Crippen LogP contribution is 2.37. The van der Waals surface area contributed by atoms with Gasteiger partial charge in [0.15, 0.2) is 0 Å². The molecule has 42 heavy (non-hydrogen) atoms. The van der Waals surface area contributed by atoms with Gasteiger partial charge in [-0.15, -0.1) is 0 Å². The Bertz CT molecular complexity index is 1290. The highest BCUT2D eigenvalue weighted by Gasteiger charge is 2.27. The molecule has 0 bridgehead atoms. The minimum Gasteiger partial charge on any atom is -0.338 e. The highest BCUT2D eigenvalue weighted by molar-refractivity contribution is 6.31. The van der Waals surface area contributed by atoms with Gasteiger partial charge in [-0.1, -0.05) is 57.0 Å². The number of hydrogen-bond acceptors (Lipinski definition) is 3. The number of nitrogens with one attached hydrogen (secondary N) is 1. The largest absolute Gasteiger partial charge is 0.338 e. The second kappa shape index (κ2) is 15.2.